The first-order valence-electron chi connectivity index (χ1n) is 5.53. The van der Waals surface area contributed by atoms with Gasteiger partial charge in [0.1, 0.15) is 0 Å². The highest BCUT2D eigenvalue weighted by molar-refractivity contribution is 7.89. The van der Waals surface area contributed by atoms with Crippen molar-refractivity contribution in [2.45, 2.75) is 17.3 Å². The molecule has 0 aliphatic heterocycles. The van der Waals surface area contributed by atoms with E-state index in [-0.39, 0.29) is 17.3 Å². The highest BCUT2D eigenvalue weighted by atomic mass is 35.5. The summed E-state index contributed by atoms with van der Waals surface area (Å²) in [6, 6.07) is 6.76. The van der Waals surface area contributed by atoms with Crippen molar-refractivity contribution in [3.8, 4) is 0 Å². The number of hydrogen-bond acceptors (Lipinski definition) is 4. The lowest BCUT2D eigenvalue weighted by atomic mass is 10.2. The Morgan fingerprint density at radius 1 is 1.37 bits per heavy atom. The van der Waals surface area contributed by atoms with Crippen LogP contribution in [0.25, 0.3) is 0 Å². The molecule has 19 heavy (non-hydrogen) atoms. The first-order valence-corrected chi connectivity index (χ1v) is 8.44. The Morgan fingerprint density at radius 3 is 2.74 bits per heavy atom. The molecule has 1 heterocycles. The molecule has 1 aromatic carbocycles. The molecule has 0 fully saturated rings. The fourth-order valence-electron chi connectivity index (χ4n) is 1.66. The first kappa shape index (κ1) is 14.5. The van der Waals surface area contributed by atoms with Crippen LogP contribution in [0.2, 0.25) is 0 Å². The Morgan fingerprint density at radius 2 is 2.11 bits per heavy atom. The van der Waals surface area contributed by atoms with Crippen molar-refractivity contribution in [2.75, 3.05) is 7.05 Å². The van der Waals surface area contributed by atoms with E-state index in [0.717, 1.165) is 5.69 Å². The zero-order valence-electron chi connectivity index (χ0n) is 10.3. The number of halogens is 1. The monoisotopic (exact) mass is 316 g/mol. The summed E-state index contributed by atoms with van der Waals surface area (Å²) in [5.74, 6) is 0.167. The maximum atomic E-state index is 12.5. The molecular formula is C12H13ClN2O2S2. The van der Waals surface area contributed by atoms with E-state index >= 15 is 0 Å². The average molecular weight is 317 g/mol. The van der Waals surface area contributed by atoms with Gasteiger partial charge in [-0.25, -0.2) is 13.4 Å². The predicted molar refractivity (Wildman–Crippen MR) is 76.8 cm³/mol. The molecule has 0 aliphatic carbocycles. The van der Waals surface area contributed by atoms with Crippen LogP contribution in [0.3, 0.4) is 0 Å². The molecule has 1 aromatic heterocycles. The average Bonchev–Trinajstić information content (AvgIpc) is 2.91. The van der Waals surface area contributed by atoms with Crippen LogP contribution >= 0.6 is 22.9 Å². The maximum Gasteiger partial charge on any atom is 0.243 e. The second-order valence-corrected chi connectivity index (χ2v) is 6.98. The van der Waals surface area contributed by atoms with E-state index in [0.29, 0.717) is 5.56 Å². The molecule has 2 aromatic rings. The molecule has 0 atom stereocenters. The number of alkyl halides is 1. The van der Waals surface area contributed by atoms with Gasteiger partial charge in [-0.05, 0) is 11.6 Å². The van der Waals surface area contributed by atoms with Gasteiger partial charge in [-0.2, -0.15) is 4.31 Å². The fourth-order valence-corrected chi connectivity index (χ4v) is 3.88. The topological polar surface area (TPSA) is 50.3 Å². The Bertz CT molecular complexity index is 642. The van der Waals surface area contributed by atoms with Crippen LogP contribution in [0, 0.1) is 0 Å². The van der Waals surface area contributed by atoms with Crippen LogP contribution in [0.1, 0.15) is 11.3 Å². The summed E-state index contributed by atoms with van der Waals surface area (Å²) in [6.45, 7) is 0.252. The van der Waals surface area contributed by atoms with Gasteiger partial charge in [0.15, 0.2) is 0 Å². The molecule has 4 nitrogen and oxygen atoms in total. The molecule has 2 rings (SSSR count). The van der Waals surface area contributed by atoms with Gasteiger partial charge in [-0.1, -0.05) is 18.2 Å². The minimum atomic E-state index is -3.54. The van der Waals surface area contributed by atoms with E-state index < -0.39 is 10.0 Å². The van der Waals surface area contributed by atoms with E-state index in [1.165, 1.54) is 15.6 Å². The number of rotatable bonds is 5. The smallest absolute Gasteiger partial charge is 0.243 e. The Labute approximate surface area is 121 Å². The third kappa shape index (κ3) is 3.14. The first-order chi connectivity index (χ1) is 9.05. The van der Waals surface area contributed by atoms with Crippen molar-refractivity contribution in [3.63, 3.8) is 0 Å². The molecule has 0 bridgehead atoms. The minimum absolute atomic E-state index is 0.167. The van der Waals surface area contributed by atoms with Crippen molar-refractivity contribution in [1.29, 1.82) is 0 Å². The fraction of sp³-hybridized carbons (Fsp3) is 0.250. The molecule has 0 spiro atoms. The molecule has 0 aliphatic rings. The highest BCUT2D eigenvalue weighted by Crippen LogP contribution is 2.22. The van der Waals surface area contributed by atoms with E-state index in [2.05, 4.69) is 4.98 Å². The quantitative estimate of drug-likeness (QED) is 0.797. The summed E-state index contributed by atoms with van der Waals surface area (Å²) in [7, 11) is -2.00. The van der Waals surface area contributed by atoms with Gasteiger partial charge < -0.3 is 0 Å². The number of hydrogen-bond donors (Lipinski definition) is 0. The van der Waals surface area contributed by atoms with Gasteiger partial charge in [0.25, 0.3) is 0 Å². The van der Waals surface area contributed by atoms with E-state index in [4.69, 9.17) is 11.6 Å². The van der Waals surface area contributed by atoms with Gasteiger partial charge in [-0.3, -0.25) is 0 Å². The summed E-state index contributed by atoms with van der Waals surface area (Å²) in [6.07, 6.45) is 0. The van der Waals surface area contributed by atoms with Gasteiger partial charge in [0, 0.05) is 18.3 Å². The predicted octanol–water partition coefficient (Wildman–Crippen LogP) is 2.70. The molecule has 0 saturated heterocycles. The third-order valence-corrected chi connectivity index (χ3v) is 5.50. The van der Waals surface area contributed by atoms with Crippen molar-refractivity contribution in [3.05, 3.63) is 46.4 Å². The zero-order valence-corrected chi connectivity index (χ0v) is 12.7. The van der Waals surface area contributed by atoms with Crippen LogP contribution in [0.4, 0.5) is 0 Å². The van der Waals surface area contributed by atoms with Crippen LogP contribution in [-0.4, -0.2) is 24.8 Å². The lowest BCUT2D eigenvalue weighted by Gasteiger charge is -2.17. The van der Waals surface area contributed by atoms with Crippen molar-refractivity contribution < 1.29 is 8.42 Å². The normalized spacial score (nSPS) is 11.9. The van der Waals surface area contributed by atoms with Crippen LogP contribution in [0.15, 0.2) is 40.1 Å². The molecule has 0 saturated carbocycles. The SMILES string of the molecule is CN(Cc1cscn1)S(=O)(=O)c1ccccc1CCl. The second-order valence-electron chi connectivity index (χ2n) is 3.98. The molecule has 102 valence electrons. The molecule has 7 heteroatoms. The number of aromatic nitrogens is 1. The van der Waals surface area contributed by atoms with Gasteiger partial charge >= 0.3 is 0 Å². The lowest BCUT2D eigenvalue weighted by Crippen LogP contribution is -2.27. The highest BCUT2D eigenvalue weighted by Gasteiger charge is 2.23. The van der Waals surface area contributed by atoms with E-state index in [1.807, 2.05) is 5.38 Å². The molecule has 0 radical (unpaired) electrons. The molecular weight excluding hydrogens is 304 g/mol. The summed E-state index contributed by atoms with van der Waals surface area (Å²) >= 11 is 7.23. The lowest BCUT2D eigenvalue weighted by molar-refractivity contribution is 0.462. The molecule has 0 N–H and O–H groups in total. The standard InChI is InChI=1S/C12H13ClN2O2S2/c1-15(7-11-8-18-9-14-11)19(16,17)12-5-3-2-4-10(12)6-13/h2-5,8-9H,6-7H2,1H3. The Hall–Kier alpha value is -0.950. The minimum Gasteiger partial charge on any atom is -0.248 e. The third-order valence-electron chi connectivity index (χ3n) is 2.67. The van der Waals surface area contributed by atoms with Crippen LogP contribution < -0.4 is 0 Å². The van der Waals surface area contributed by atoms with Gasteiger partial charge in [-0.15, -0.1) is 22.9 Å². The largest absolute Gasteiger partial charge is 0.248 e. The Balaban J connectivity index is 2.31. The second kappa shape index (κ2) is 6.00. The van der Waals surface area contributed by atoms with Gasteiger partial charge in [0.2, 0.25) is 10.0 Å². The van der Waals surface area contributed by atoms with Crippen LogP contribution in [0.5, 0.6) is 0 Å². The van der Waals surface area contributed by atoms with E-state index in [9.17, 15) is 8.42 Å². The van der Waals surface area contributed by atoms with Gasteiger partial charge in [0.05, 0.1) is 22.6 Å². The molecule has 0 unspecified atom stereocenters. The number of benzene rings is 1. The number of sulfonamides is 1. The number of nitrogens with zero attached hydrogens (tertiary/aromatic N) is 2. The summed E-state index contributed by atoms with van der Waals surface area (Å²) in [4.78, 5) is 4.34. The summed E-state index contributed by atoms with van der Waals surface area (Å²) in [5.41, 5.74) is 3.02. The van der Waals surface area contributed by atoms with Crippen molar-refractivity contribution in [2.24, 2.45) is 0 Å². The van der Waals surface area contributed by atoms with E-state index in [1.54, 1.807) is 36.8 Å². The Kier molecular flexibility index (Phi) is 4.57. The maximum absolute atomic E-state index is 12.5. The van der Waals surface area contributed by atoms with Crippen molar-refractivity contribution >= 4 is 33.0 Å². The van der Waals surface area contributed by atoms with Crippen molar-refractivity contribution in [1.82, 2.24) is 9.29 Å². The summed E-state index contributed by atoms with van der Waals surface area (Å²) < 4.78 is 26.2. The molecule has 0 amide bonds. The summed E-state index contributed by atoms with van der Waals surface area (Å²) in [5, 5.41) is 1.83. The number of thiazole rings is 1. The van der Waals surface area contributed by atoms with Crippen LogP contribution in [-0.2, 0) is 22.4 Å². The zero-order chi connectivity index (χ0) is 13.9.